The van der Waals surface area contributed by atoms with Gasteiger partial charge >= 0.3 is 0 Å². The number of amides is 1. The SMILES string of the molecule is CCNC(=O)c1ccc(NCC2CCN(C)C2)c(N)c1. The van der Waals surface area contributed by atoms with Crippen LogP contribution < -0.4 is 16.4 Å². The van der Waals surface area contributed by atoms with E-state index in [2.05, 4.69) is 22.6 Å². The number of carbonyl (C=O) groups excluding carboxylic acids is 1. The molecule has 4 N–H and O–H groups in total. The van der Waals surface area contributed by atoms with Crippen molar-refractivity contribution in [2.45, 2.75) is 13.3 Å². The number of nitrogens with zero attached hydrogens (tertiary/aromatic N) is 1. The van der Waals surface area contributed by atoms with Gasteiger partial charge in [0.05, 0.1) is 11.4 Å². The van der Waals surface area contributed by atoms with Gasteiger partial charge in [-0.05, 0) is 51.1 Å². The lowest BCUT2D eigenvalue weighted by Crippen LogP contribution is -2.23. The van der Waals surface area contributed by atoms with Gasteiger partial charge in [-0.15, -0.1) is 0 Å². The van der Waals surface area contributed by atoms with Crippen LogP contribution in [0.3, 0.4) is 0 Å². The van der Waals surface area contributed by atoms with Gasteiger partial charge in [0, 0.05) is 25.2 Å². The van der Waals surface area contributed by atoms with Crippen LogP contribution in [0.5, 0.6) is 0 Å². The first-order valence-corrected chi connectivity index (χ1v) is 7.20. The maximum absolute atomic E-state index is 11.7. The van der Waals surface area contributed by atoms with Crippen molar-refractivity contribution in [1.82, 2.24) is 10.2 Å². The summed E-state index contributed by atoms with van der Waals surface area (Å²) in [5.41, 5.74) is 8.16. The molecule has 5 heteroatoms. The minimum Gasteiger partial charge on any atom is -0.397 e. The van der Waals surface area contributed by atoms with E-state index in [4.69, 9.17) is 5.73 Å². The van der Waals surface area contributed by atoms with Crippen molar-refractivity contribution >= 4 is 17.3 Å². The zero-order valence-electron chi connectivity index (χ0n) is 12.3. The summed E-state index contributed by atoms with van der Waals surface area (Å²) in [6, 6.07) is 5.43. The molecule has 1 fully saturated rings. The van der Waals surface area contributed by atoms with Crippen LogP contribution in [0.2, 0.25) is 0 Å². The van der Waals surface area contributed by atoms with E-state index in [0.29, 0.717) is 23.7 Å². The van der Waals surface area contributed by atoms with Crippen molar-refractivity contribution in [3.63, 3.8) is 0 Å². The van der Waals surface area contributed by atoms with Gasteiger partial charge in [-0.3, -0.25) is 4.79 Å². The van der Waals surface area contributed by atoms with E-state index in [1.807, 2.05) is 19.1 Å². The first kappa shape index (κ1) is 14.7. The van der Waals surface area contributed by atoms with Gasteiger partial charge in [0.25, 0.3) is 5.91 Å². The number of carbonyl (C=O) groups is 1. The smallest absolute Gasteiger partial charge is 0.251 e. The summed E-state index contributed by atoms with van der Waals surface area (Å²) in [5, 5.41) is 6.16. The Hall–Kier alpha value is -1.75. The maximum atomic E-state index is 11.7. The molecule has 1 aromatic rings. The Kier molecular flexibility index (Phi) is 4.84. The van der Waals surface area contributed by atoms with Crippen molar-refractivity contribution in [3.05, 3.63) is 23.8 Å². The summed E-state index contributed by atoms with van der Waals surface area (Å²) in [5.74, 6) is 0.589. The molecule has 5 nitrogen and oxygen atoms in total. The van der Waals surface area contributed by atoms with Crippen LogP contribution in [0.4, 0.5) is 11.4 Å². The predicted octanol–water partition coefficient (Wildman–Crippen LogP) is 1.38. The Morgan fingerprint density at radius 2 is 2.30 bits per heavy atom. The highest BCUT2D eigenvalue weighted by atomic mass is 16.1. The molecule has 110 valence electrons. The van der Waals surface area contributed by atoms with Gasteiger partial charge in [-0.1, -0.05) is 0 Å². The lowest BCUT2D eigenvalue weighted by molar-refractivity contribution is 0.0956. The second kappa shape index (κ2) is 6.61. The topological polar surface area (TPSA) is 70.4 Å². The molecule has 0 aliphatic carbocycles. The Bertz CT molecular complexity index is 475. The van der Waals surface area contributed by atoms with Gasteiger partial charge in [0.15, 0.2) is 0 Å². The summed E-state index contributed by atoms with van der Waals surface area (Å²) in [4.78, 5) is 14.1. The molecule has 1 heterocycles. The average molecular weight is 276 g/mol. The van der Waals surface area contributed by atoms with Gasteiger partial charge in [0.2, 0.25) is 0 Å². The highest BCUT2D eigenvalue weighted by Gasteiger charge is 2.19. The normalized spacial score (nSPS) is 19.0. The molecule has 1 atom stereocenters. The van der Waals surface area contributed by atoms with Gasteiger partial charge < -0.3 is 21.3 Å². The molecule has 0 saturated carbocycles. The first-order valence-electron chi connectivity index (χ1n) is 7.20. The number of nitrogens with one attached hydrogen (secondary N) is 2. The maximum Gasteiger partial charge on any atom is 0.251 e. The molecule has 1 aliphatic heterocycles. The van der Waals surface area contributed by atoms with E-state index in [0.717, 1.165) is 25.3 Å². The number of hydrogen-bond acceptors (Lipinski definition) is 4. The number of benzene rings is 1. The summed E-state index contributed by atoms with van der Waals surface area (Å²) in [7, 11) is 2.15. The first-order chi connectivity index (χ1) is 9.60. The lowest BCUT2D eigenvalue weighted by atomic mass is 10.1. The third kappa shape index (κ3) is 3.63. The fourth-order valence-electron chi connectivity index (χ4n) is 2.57. The lowest BCUT2D eigenvalue weighted by Gasteiger charge is -2.15. The molecule has 1 aliphatic rings. The van der Waals surface area contributed by atoms with Gasteiger partial charge in [-0.2, -0.15) is 0 Å². The van der Waals surface area contributed by atoms with Gasteiger partial charge in [0.1, 0.15) is 0 Å². The van der Waals surface area contributed by atoms with Crippen LogP contribution in [0, 0.1) is 5.92 Å². The standard InChI is InChI=1S/C15H24N4O/c1-3-17-15(20)12-4-5-14(13(16)8-12)18-9-11-6-7-19(2)10-11/h4-5,8,11,18H,3,6-7,9-10,16H2,1-2H3,(H,17,20). The second-order valence-corrected chi connectivity index (χ2v) is 5.46. The van der Waals surface area contributed by atoms with E-state index >= 15 is 0 Å². The quantitative estimate of drug-likeness (QED) is 0.711. The molecule has 1 aromatic carbocycles. The highest BCUT2D eigenvalue weighted by Crippen LogP contribution is 2.22. The zero-order chi connectivity index (χ0) is 14.5. The molecular weight excluding hydrogens is 252 g/mol. The highest BCUT2D eigenvalue weighted by molar-refractivity contribution is 5.96. The van der Waals surface area contributed by atoms with E-state index in [1.165, 1.54) is 6.42 Å². The zero-order valence-corrected chi connectivity index (χ0v) is 12.3. The second-order valence-electron chi connectivity index (χ2n) is 5.46. The molecule has 0 spiro atoms. The number of anilines is 2. The number of nitrogen functional groups attached to an aromatic ring is 1. The molecule has 0 bridgehead atoms. The van der Waals surface area contributed by atoms with Crippen molar-refractivity contribution < 1.29 is 4.79 Å². The molecule has 0 radical (unpaired) electrons. The van der Waals surface area contributed by atoms with Crippen LogP contribution in [-0.2, 0) is 0 Å². The van der Waals surface area contributed by atoms with E-state index in [-0.39, 0.29) is 5.91 Å². The van der Waals surface area contributed by atoms with Crippen molar-refractivity contribution in [2.24, 2.45) is 5.92 Å². The fraction of sp³-hybridized carbons (Fsp3) is 0.533. The summed E-state index contributed by atoms with van der Waals surface area (Å²) in [6.07, 6.45) is 1.22. The average Bonchev–Trinajstić information content (AvgIpc) is 2.83. The van der Waals surface area contributed by atoms with Crippen LogP contribution >= 0.6 is 0 Å². The van der Waals surface area contributed by atoms with E-state index in [9.17, 15) is 4.79 Å². The Morgan fingerprint density at radius 3 is 2.90 bits per heavy atom. The molecule has 1 saturated heterocycles. The van der Waals surface area contributed by atoms with E-state index in [1.54, 1.807) is 6.07 Å². The number of rotatable bonds is 5. The van der Waals surface area contributed by atoms with Crippen LogP contribution in [0.25, 0.3) is 0 Å². The minimum absolute atomic E-state index is 0.0804. The molecule has 1 amide bonds. The van der Waals surface area contributed by atoms with Crippen LogP contribution in [0.15, 0.2) is 18.2 Å². The Labute approximate surface area is 120 Å². The number of likely N-dealkylation sites (tertiary alicyclic amines) is 1. The summed E-state index contributed by atoms with van der Waals surface area (Å²) in [6.45, 7) is 5.74. The number of nitrogens with two attached hydrogens (primary N) is 1. The minimum atomic E-state index is -0.0804. The summed E-state index contributed by atoms with van der Waals surface area (Å²) < 4.78 is 0. The molecule has 0 aromatic heterocycles. The van der Waals surface area contributed by atoms with Crippen LogP contribution in [-0.4, -0.2) is 44.0 Å². The monoisotopic (exact) mass is 276 g/mol. The third-order valence-corrected chi connectivity index (χ3v) is 3.72. The molecular formula is C15H24N4O. The number of hydrogen-bond donors (Lipinski definition) is 3. The molecule has 2 rings (SSSR count). The van der Waals surface area contributed by atoms with Crippen molar-refractivity contribution in [3.8, 4) is 0 Å². The Morgan fingerprint density at radius 1 is 1.50 bits per heavy atom. The summed E-state index contributed by atoms with van der Waals surface area (Å²) >= 11 is 0. The van der Waals surface area contributed by atoms with E-state index < -0.39 is 0 Å². The van der Waals surface area contributed by atoms with Crippen molar-refractivity contribution in [2.75, 3.05) is 44.3 Å². The van der Waals surface area contributed by atoms with Crippen LogP contribution in [0.1, 0.15) is 23.7 Å². The predicted molar refractivity (Wildman–Crippen MR) is 83.0 cm³/mol. The molecule has 20 heavy (non-hydrogen) atoms. The third-order valence-electron chi connectivity index (χ3n) is 3.72. The Balaban J connectivity index is 1.94. The van der Waals surface area contributed by atoms with Crippen molar-refractivity contribution in [1.29, 1.82) is 0 Å². The molecule has 1 unspecified atom stereocenters. The largest absolute Gasteiger partial charge is 0.397 e. The van der Waals surface area contributed by atoms with Gasteiger partial charge in [-0.25, -0.2) is 0 Å². The fourth-order valence-corrected chi connectivity index (χ4v) is 2.57.